The molecule has 0 radical (unpaired) electrons. The number of amides is 1. The summed E-state index contributed by atoms with van der Waals surface area (Å²) >= 11 is 0. The molecule has 0 spiro atoms. The molecule has 0 bridgehead atoms. The second-order valence-electron chi connectivity index (χ2n) is 6.53. The molecular formula is C16H23N3O4. The predicted octanol–water partition coefficient (Wildman–Crippen LogP) is 1.95. The minimum atomic E-state index is -0.759. The van der Waals surface area contributed by atoms with Crippen LogP contribution in [0.25, 0.3) is 0 Å². The number of likely N-dealkylation sites (tertiary alicyclic amines) is 1. The monoisotopic (exact) mass is 321 g/mol. The zero-order valence-electron chi connectivity index (χ0n) is 13.5. The maximum absolute atomic E-state index is 12.6. The lowest BCUT2D eigenvalue weighted by atomic mass is 9.91. The van der Waals surface area contributed by atoms with Gasteiger partial charge in [-0.1, -0.05) is 12.1 Å². The van der Waals surface area contributed by atoms with Crippen LogP contribution in [0.4, 0.5) is 5.69 Å². The number of rotatable bonds is 5. The Morgan fingerprint density at radius 3 is 2.61 bits per heavy atom. The van der Waals surface area contributed by atoms with Crippen LogP contribution in [0.15, 0.2) is 24.3 Å². The normalized spacial score (nSPS) is 16.2. The van der Waals surface area contributed by atoms with E-state index >= 15 is 0 Å². The fourth-order valence-electron chi connectivity index (χ4n) is 2.58. The molecule has 1 aliphatic heterocycles. The lowest BCUT2D eigenvalue weighted by Gasteiger charge is -2.35. The molecule has 1 aliphatic rings. The number of benzene rings is 1. The van der Waals surface area contributed by atoms with Gasteiger partial charge in [-0.15, -0.1) is 0 Å². The summed E-state index contributed by atoms with van der Waals surface area (Å²) in [6.45, 7) is 4.96. The Labute approximate surface area is 135 Å². The molecule has 0 atom stereocenters. The third-order valence-electron chi connectivity index (χ3n) is 4.06. The standard InChI is InChI=1S/C16H23N3O4/c1-16(2,15(20)18-9-7-12(17)8-10-18)11-23-14-6-4-3-5-13(14)19(21)22/h3-6,12H,7-11,17H2,1-2H3. The number of nitro groups is 1. The Morgan fingerprint density at radius 2 is 2.00 bits per heavy atom. The maximum Gasteiger partial charge on any atom is 0.310 e. The van der Waals surface area contributed by atoms with Gasteiger partial charge < -0.3 is 15.4 Å². The van der Waals surface area contributed by atoms with Crippen molar-refractivity contribution in [1.29, 1.82) is 0 Å². The fraction of sp³-hybridized carbons (Fsp3) is 0.562. The lowest BCUT2D eigenvalue weighted by Crippen LogP contribution is -2.49. The van der Waals surface area contributed by atoms with Crippen LogP contribution in [0.5, 0.6) is 5.75 Å². The van der Waals surface area contributed by atoms with Crippen molar-refractivity contribution < 1.29 is 14.5 Å². The first-order valence-electron chi connectivity index (χ1n) is 7.72. The highest BCUT2D eigenvalue weighted by Gasteiger charge is 2.35. The summed E-state index contributed by atoms with van der Waals surface area (Å²) in [6, 6.07) is 6.33. The van der Waals surface area contributed by atoms with Gasteiger partial charge in [-0.3, -0.25) is 14.9 Å². The number of piperidine rings is 1. The van der Waals surface area contributed by atoms with E-state index in [0.717, 1.165) is 12.8 Å². The molecule has 2 rings (SSSR count). The molecule has 2 N–H and O–H groups in total. The number of para-hydroxylation sites is 2. The van der Waals surface area contributed by atoms with E-state index in [1.54, 1.807) is 36.9 Å². The molecule has 23 heavy (non-hydrogen) atoms. The fourth-order valence-corrected chi connectivity index (χ4v) is 2.58. The Kier molecular flexibility index (Phi) is 5.20. The lowest BCUT2D eigenvalue weighted by molar-refractivity contribution is -0.385. The van der Waals surface area contributed by atoms with Crippen molar-refractivity contribution >= 4 is 11.6 Å². The highest BCUT2D eigenvalue weighted by molar-refractivity contribution is 5.82. The van der Waals surface area contributed by atoms with Crippen LogP contribution in [-0.2, 0) is 4.79 Å². The Bertz CT molecular complexity index is 580. The highest BCUT2D eigenvalue weighted by Crippen LogP contribution is 2.29. The number of carbonyl (C=O) groups excluding carboxylic acids is 1. The Morgan fingerprint density at radius 1 is 1.39 bits per heavy atom. The molecule has 0 aliphatic carbocycles. The van der Waals surface area contributed by atoms with Gasteiger partial charge in [0.25, 0.3) is 0 Å². The second kappa shape index (κ2) is 6.95. The van der Waals surface area contributed by atoms with Crippen molar-refractivity contribution in [1.82, 2.24) is 4.90 Å². The van der Waals surface area contributed by atoms with Gasteiger partial charge >= 0.3 is 5.69 Å². The zero-order chi connectivity index (χ0) is 17.0. The Hall–Kier alpha value is -2.15. The van der Waals surface area contributed by atoms with E-state index < -0.39 is 10.3 Å². The predicted molar refractivity (Wildman–Crippen MR) is 86.2 cm³/mol. The van der Waals surface area contributed by atoms with Crippen LogP contribution < -0.4 is 10.5 Å². The molecule has 7 nitrogen and oxygen atoms in total. The summed E-state index contributed by atoms with van der Waals surface area (Å²) in [5, 5.41) is 11.0. The highest BCUT2D eigenvalue weighted by atomic mass is 16.6. The van der Waals surface area contributed by atoms with E-state index in [4.69, 9.17) is 10.5 Å². The van der Waals surface area contributed by atoms with Crippen LogP contribution in [0.3, 0.4) is 0 Å². The van der Waals surface area contributed by atoms with E-state index in [2.05, 4.69) is 0 Å². The number of hydrogen-bond donors (Lipinski definition) is 1. The largest absolute Gasteiger partial charge is 0.486 e. The quantitative estimate of drug-likeness (QED) is 0.660. The third-order valence-corrected chi connectivity index (χ3v) is 4.06. The average molecular weight is 321 g/mol. The van der Waals surface area contributed by atoms with Gasteiger partial charge in [0, 0.05) is 25.2 Å². The van der Waals surface area contributed by atoms with E-state index in [-0.39, 0.29) is 30.0 Å². The van der Waals surface area contributed by atoms with Crippen LogP contribution in [0.1, 0.15) is 26.7 Å². The first-order chi connectivity index (χ1) is 10.8. The number of ether oxygens (including phenoxy) is 1. The molecule has 1 heterocycles. The number of nitro benzene ring substituents is 1. The molecule has 1 amide bonds. The SMILES string of the molecule is CC(C)(COc1ccccc1[N+](=O)[O-])C(=O)N1CCC(N)CC1. The zero-order valence-corrected chi connectivity index (χ0v) is 13.5. The van der Waals surface area contributed by atoms with Crippen molar-refractivity contribution in [2.45, 2.75) is 32.7 Å². The topological polar surface area (TPSA) is 98.7 Å². The molecule has 0 saturated carbocycles. The number of hydrogen-bond acceptors (Lipinski definition) is 5. The number of nitrogens with zero attached hydrogens (tertiary/aromatic N) is 2. The summed E-state index contributed by atoms with van der Waals surface area (Å²) in [6.07, 6.45) is 1.60. The first-order valence-corrected chi connectivity index (χ1v) is 7.72. The minimum Gasteiger partial charge on any atom is -0.486 e. The van der Waals surface area contributed by atoms with Gasteiger partial charge in [0.05, 0.1) is 10.3 Å². The van der Waals surface area contributed by atoms with Gasteiger partial charge in [-0.2, -0.15) is 0 Å². The molecule has 0 aromatic heterocycles. The summed E-state index contributed by atoms with van der Waals surface area (Å²) in [5.74, 6) is 0.169. The summed E-state index contributed by atoms with van der Waals surface area (Å²) in [5.41, 5.74) is 5.00. The molecule has 1 fully saturated rings. The maximum atomic E-state index is 12.6. The molecule has 1 aromatic carbocycles. The first kappa shape index (κ1) is 17.2. The van der Waals surface area contributed by atoms with Crippen molar-refractivity contribution in [3.8, 4) is 5.75 Å². The van der Waals surface area contributed by atoms with Gasteiger partial charge in [0.2, 0.25) is 5.91 Å². The van der Waals surface area contributed by atoms with Crippen molar-refractivity contribution in [2.75, 3.05) is 19.7 Å². The van der Waals surface area contributed by atoms with Crippen LogP contribution in [-0.4, -0.2) is 41.5 Å². The molecular weight excluding hydrogens is 298 g/mol. The third kappa shape index (κ3) is 4.19. The average Bonchev–Trinajstić information content (AvgIpc) is 2.53. The van der Waals surface area contributed by atoms with Crippen LogP contribution in [0, 0.1) is 15.5 Å². The van der Waals surface area contributed by atoms with Crippen molar-refractivity contribution in [2.24, 2.45) is 11.1 Å². The number of nitrogens with two attached hydrogens (primary N) is 1. The van der Waals surface area contributed by atoms with E-state index in [0.29, 0.717) is 13.1 Å². The van der Waals surface area contributed by atoms with Crippen molar-refractivity contribution in [3.63, 3.8) is 0 Å². The van der Waals surface area contributed by atoms with Gasteiger partial charge in [-0.05, 0) is 32.8 Å². The van der Waals surface area contributed by atoms with E-state index in [1.165, 1.54) is 6.07 Å². The molecule has 7 heteroatoms. The van der Waals surface area contributed by atoms with Crippen molar-refractivity contribution in [3.05, 3.63) is 34.4 Å². The smallest absolute Gasteiger partial charge is 0.310 e. The van der Waals surface area contributed by atoms with Gasteiger partial charge in [0.1, 0.15) is 6.61 Å². The van der Waals surface area contributed by atoms with E-state index in [9.17, 15) is 14.9 Å². The molecule has 1 aromatic rings. The van der Waals surface area contributed by atoms with Crippen LogP contribution in [0.2, 0.25) is 0 Å². The van der Waals surface area contributed by atoms with Gasteiger partial charge in [0.15, 0.2) is 5.75 Å². The Balaban J connectivity index is 2.01. The molecule has 126 valence electrons. The number of carbonyl (C=O) groups is 1. The molecule has 0 unspecified atom stereocenters. The minimum absolute atomic E-state index is 0.0111. The summed E-state index contributed by atoms with van der Waals surface area (Å²) < 4.78 is 5.58. The van der Waals surface area contributed by atoms with Gasteiger partial charge in [-0.25, -0.2) is 0 Å². The van der Waals surface area contributed by atoms with E-state index in [1.807, 2.05) is 0 Å². The second-order valence-corrected chi connectivity index (χ2v) is 6.53. The molecule has 1 saturated heterocycles. The van der Waals surface area contributed by atoms with Crippen LogP contribution >= 0.6 is 0 Å². The summed E-state index contributed by atoms with van der Waals surface area (Å²) in [7, 11) is 0. The summed E-state index contributed by atoms with van der Waals surface area (Å²) in [4.78, 5) is 24.9.